The summed E-state index contributed by atoms with van der Waals surface area (Å²) in [5.41, 5.74) is 4.72. The van der Waals surface area contributed by atoms with E-state index in [-0.39, 0.29) is 11.8 Å². The highest BCUT2D eigenvalue weighted by molar-refractivity contribution is 6.06. The number of likely N-dealkylation sites (N-methyl/N-ethyl adjacent to an activating group) is 1. The third kappa shape index (κ3) is 7.13. The number of methoxy groups -OCH3 is 1. The van der Waals surface area contributed by atoms with Gasteiger partial charge in [0, 0.05) is 70.6 Å². The van der Waals surface area contributed by atoms with Crippen LogP contribution in [0.3, 0.4) is 0 Å². The zero-order valence-electron chi connectivity index (χ0n) is 26.6. The lowest BCUT2D eigenvalue weighted by Gasteiger charge is -2.31. The van der Waals surface area contributed by atoms with Crippen LogP contribution in [-0.4, -0.2) is 76.1 Å². The zero-order valence-corrected chi connectivity index (χ0v) is 26.6. The van der Waals surface area contributed by atoms with E-state index in [1.807, 2.05) is 85.3 Å². The fraction of sp³-hybridized carbons (Fsp3) is 0.289. The molecule has 0 spiro atoms. The Balaban J connectivity index is 1.17. The summed E-state index contributed by atoms with van der Waals surface area (Å²) < 4.78 is 9.56. The van der Waals surface area contributed by atoms with Crippen LogP contribution in [0.4, 0.5) is 0 Å². The van der Waals surface area contributed by atoms with Crippen molar-refractivity contribution >= 4 is 28.7 Å². The summed E-state index contributed by atoms with van der Waals surface area (Å²) in [4.78, 5) is 34.7. The predicted molar refractivity (Wildman–Crippen MR) is 182 cm³/mol. The standard InChI is InChI=1S/C38H41N5O3/c1-40(21-22-46-2)38(45)36-27-41(26-35(36)34-14-8-12-31-11-6-7-13-33(31)34)25-32-23-39-28-43(32)24-30-17-19-42(20-18-30)37(44)16-15-29-9-4-3-5-10-29/h3-16,23,26-28,30H,17-22,24-25H2,1-2H3/b16-15+. The second-order valence-electron chi connectivity index (χ2n) is 12.1. The first-order chi connectivity index (χ1) is 22.5. The van der Waals surface area contributed by atoms with E-state index in [1.54, 1.807) is 18.1 Å². The van der Waals surface area contributed by atoms with E-state index in [0.717, 1.165) is 65.6 Å². The fourth-order valence-electron chi connectivity index (χ4n) is 6.26. The highest BCUT2D eigenvalue weighted by Crippen LogP contribution is 2.33. The molecular weight excluding hydrogens is 574 g/mol. The number of aromatic nitrogens is 3. The van der Waals surface area contributed by atoms with E-state index in [1.165, 1.54) is 0 Å². The van der Waals surface area contributed by atoms with E-state index < -0.39 is 0 Å². The molecule has 2 amide bonds. The van der Waals surface area contributed by atoms with Crippen LogP contribution >= 0.6 is 0 Å². The molecule has 46 heavy (non-hydrogen) atoms. The number of amides is 2. The SMILES string of the molecule is COCCN(C)C(=O)c1cn(Cc2cncn2CC2CCN(C(=O)/C=C/c3ccccc3)CC2)cc1-c1cccc2ccccc12. The van der Waals surface area contributed by atoms with Gasteiger partial charge in [0.2, 0.25) is 5.91 Å². The van der Waals surface area contributed by atoms with Crippen molar-refractivity contribution in [2.75, 3.05) is 40.4 Å². The molecule has 8 heteroatoms. The molecule has 0 bridgehead atoms. The van der Waals surface area contributed by atoms with Gasteiger partial charge in [0.25, 0.3) is 5.91 Å². The topological polar surface area (TPSA) is 72.6 Å². The zero-order chi connectivity index (χ0) is 31.9. The number of hydrogen-bond acceptors (Lipinski definition) is 4. The molecule has 1 saturated heterocycles. The number of piperidine rings is 1. The lowest BCUT2D eigenvalue weighted by atomic mass is 9.96. The van der Waals surface area contributed by atoms with Crippen molar-refractivity contribution < 1.29 is 14.3 Å². The minimum atomic E-state index is -0.0350. The molecule has 0 atom stereocenters. The quantitative estimate of drug-likeness (QED) is 0.165. The van der Waals surface area contributed by atoms with Gasteiger partial charge in [0.15, 0.2) is 0 Å². The van der Waals surface area contributed by atoms with Crippen LogP contribution in [0.2, 0.25) is 0 Å². The smallest absolute Gasteiger partial charge is 0.255 e. The van der Waals surface area contributed by atoms with Crippen molar-refractivity contribution in [3.05, 3.63) is 121 Å². The molecule has 3 aromatic carbocycles. The van der Waals surface area contributed by atoms with Crippen LogP contribution in [-0.2, 0) is 22.6 Å². The van der Waals surface area contributed by atoms with Gasteiger partial charge in [-0.2, -0.15) is 0 Å². The van der Waals surface area contributed by atoms with Crippen molar-refractivity contribution in [3.63, 3.8) is 0 Å². The molecule has 8 nitrogen and oxygen atoms in total. The number of likely N-dealkylation sites (tertiary alicyclic amines) is 1. The highest BCUT2D eigenvalue weighted by Gasteiger charge is 2.24. The molecule has 1 fully saturated rings. The van der Waals surface area contributed by atoms with Gasteiger partial charge in [-0.15, -0.1) is 0 Å². The number of fused-ring (bicyclic) bond motifs is 1. The minimum absolute atomic E-state index is 0.0350. The van der Waals surface area contributed by atoms with Crippen LogP contribution < -0.4 is 0 Å². The lowest BCUT2D eigenvalue weighted by molar-refractivity contribution is -0.127. The van der Waals surface area contributed by atoms with E-state index >= 15 is 0 Å². The summed E-state index contributed by atoms with van der Waals surface area (Å²) in [6.45, 7) is 3.93. The number of carbonyl (C=O) groups is 2. The van der Waals surface area contributed by atoms with Crippen LogP contribution in [0.25, 0.3) is 28.0 Å². The van der Waals surface area contributed by atoms with Crippen molar-refractivity contribution in [1.82, 2.24) is 23.9 Å². The molecule has 1 aliphatic heterocycles. The molecular formula is C38H41N5O3. The minimum Gasteiger partial charge on any atom is -0.383 e. The fourth-order valence-corrected chi connectivity index (χ4v) is 6.26. The second kappa shape index (κ2) is 14.4. The molecule has 5 aromatic rings. The summed E-state index contributed by atoms with van der Waals surface area (Å²) in [5.74, 6) is 0.489. The van der Waals surface area contributed by atoms with Gasteiger partial charge < -0.3 is 23.7 Å². The second-order valence-corrected chi connectivity index (χ2v) is 12.1. The number of ether oxygens (including phenoxy) is 1. The Morgan fingerprint density at radius 2 is 1.72 bits per heavy atom. The Bertz CT molecular complexity index is 1810. The number of rotatable bonds is 11. The Kier molecular flexibility index (Phi) is 9.74. The molecule has 0 unspecified atom stereocenters. The molecule has 3 heterocycles. The first-order valence-corrected chi connectivity index (χ1v) is 15.9. The van der Waals surface area contributed by atoms with Crippen LogP contribution in [0, 0.1) is 5.92 Å². The first-order valence-electron chi connectivity index (χ1n) is 15.9. The van der Waals surface area contributed by atoms with Crippen molar-refractivity contribution in [3.8, 4) is 11.1 Å². The maximum Gasteiger partial charge on any atom is 0.255 e. The summed E-state index contributed by atoms with van der Waals surface area (Å²) in [7, 11) is 3.46. The van der Waals surface area contributed by atoms with Crippen LogP contribution in [0.5, 0.6) is 0 Å². The summed E-state index contributed by atoms with van der Waals surface area (Å²) in [6, 6.07) is 24.4. The third-order valence-corrected chi connectivity index (χ3v) is 8.91. The molecule has 0 aliphatic carbocycles. The van der Waals surface area contributed by atoms with Gasteiger partial charge in [0.05, 0.1) is 30.7 Å². The normalized spacial score (nSPS) is 13.9. The van der Waals surface area contributed by atoms with Gasteiger partial charge in [0.1, 0.15) is 0 Å². The van der Waals surface area contributed by atoms with Crippen LogP contribution in [0.15, 0.2) is 104 Å². The van der Waals surface area contributed by atoms with E-state index in [2.05, 4.69) is 44.6 Å². The van der Waals surface area contributed by atoms with Crippen molar-refractivity contribution in [2.24, 2.45) is 5.92 Å². The number of hydrogen-bond donors (Lipinski definition) is 0. The van der Waals surface area contributed by atoms with Crippen LogP contribution in [0.1, 0.15) is 34.5 Å². The summed E-state index contributed by atoms with van der Waals surface area (Å²) >= 11 is 0. The van der Waals surface area contributed by atoms with Gasteiger partial charge in [-0.05, 0) is 46.7 Å². The molecule has 0 radical (unpaired) electrons. The maximum atomic E-state index is 13.7. The first kappa shape index (κ1) is 31.0. The Hall–Kier alpha value is -4.95. The molecule has 6 rings (SSSR count). The average Bonchev–Trinajstić information content (AvgIpc) is 3.72. The number of imidazole rings is 1. The van der Waals surface area contributed by atoms with E-state index in [4.69, 9.17) is 4.74 Å². The van der Waals surface area contributed by atoms with E-state index in [9.17, 15) is 9.59 Å². The number of carbonyl (C=O) groups excluding carboxylic acids is 2. The van der Waals surface area contributed by atoms with E-state index in [0.29, 0.717) is 31.2 Å². The third-order valence-electron chi connectivity index (χ3n) is 8.91. The molecule has 0 saturated carbocycles. The molecule has 2 aromatic heterocycles. The highest BCUT2D eigenvalue weighted by atomic mass is 16.5. The number of nitrogens with zero attached hydrogens (tertiary/aromatic N) is 5. The summed E-state index contributed by atoms with van der Waals surface area (Å²) in [6.07, 6.45) is 13.3. The average molecular weight is 616 g/mol. The monoisotopic (exact) mass is 615 g/mol. The van der Waals surface area contributed by atoms with Gasteiger partial charge >= 0.3 is 0 Å². The molecule has 1 aliphatic rings. The predicted octanol–water partition coefficient (Wildman–Crippen LogP) is 6.22. The van der Waals surface area contributed by atoms with Gasteiger partial charge in [-0.3, -0.25) is 9.59 Å². The largest absolute Gasteiger partial charge is 0.383 e. The molecule has 236 valence electrons. The van der Waals surface area contributed by atoms with Gasteiger partial charge in [-0.1, -0.05) is 72.8 Å². The number of benzene rings is 3. The lowest BCUT2D eigenvalue weighted by Crippen LogP contribution is -2.38. The van der Waals surface area contributed by atoms with Crippen molar-refractivity contribution in [1.29, 1.82) is 0 Å². The Labute approximate surface area is 270 Å². The summed E-state index contributed by atoms with van der Waals surface area (Å²) in [5, 5.41) is 2.25. The maximum absolute atomic E-state index is 13.7. The molecule has 0 N–H and O–H groups in total. The Morgan fingerprint density at radius 1 is 0.957 bits per heavy atom. The van der Waals surface area contributed by atoms with Gasteiger partial charge in [-0.25, -0.2) is 4.98 Å². The Morgan fingerprint density at radius 3 is 2.52 bits per heavy atom. The van der Waals surface area contributed by atoms with Crippen molar-refractivity contribution in [2.45, 2.75) is 25.9 Å².